The molecule has 2 rings (SSSR count). The monoisotopic (exact) mass is 301 g/mol. The van der Waals surface area contributed by atoms with Gasteiger partial charge in [0, 0.05) is 12.7 Å². The number of amides is 2. The van der Waals surface area contributed by atoms with Gasteiger partial charge in [-0.15, -0.1) is 0 Å². The van der Waals surface area contributed by atoms with Crippen molar-refractivity contribution in [3.63, 3.8) is 0 Å². The summed E-state index contributed by atoms with van der Waals surface area (Å²) in [6.07, 6.45) is 1.47. The molecule has 0 saturated carbocycles. The van der Waals surface area contributed by atoms with Gasteiger partial charge in [-0.25, -0.2) is 9.78 Å². The number of nitrogens with zero attached hydrogens (tertiary/aromatic N) is 3. The van der Waals surface area contributed by atoms with Crippen molar-refractivity contribution < 1.29 is 4.79 Å². The Morgan fingerprint density at radius 1 is 1.27 bits per heavy atom. The number of aromatic nitrogens is 3. The van der Waals surface area contributed by atoms with E-state index >= 15 is 0 Å². The summed E-state index contributed by atoms with van der Waals surface area (Å²) in [7, 11) is 1.80. The van der Waals surface area contributed by atoms with Gasteiger partial charge in [-0.3, -0.25) is 4.68 Å². The van der Waals surface area contributed by atoms with Crippen molar-refractivity contribution in [1.82, 2.24) is 20.1 Å². The molecule has 0 unspecified atom stereocenters. The number of benzene rings is 1. The van der Waals surface area contributed by atoms with E-state index in [0.29, 0.717) is 11.7 Å². The summed E-state index contributed by atoms with van der Waals surface area (Å²) in [5, 5.41) is 9.73. The Balaban J connectivity index is 2.03. The van der Waals surface area contributed by atoms with Crippen molar-refractivity contribution in [1.29, 1.82) is 0 Å². The average molecular weight is 301 g/mol. The van der Waals surface area contributed by atoms with E-state index < -0.39 is 0 Å². The molecule has 1 heterocycles. The molecule has 0 fully saturated rings. The van der Waals surface area contributed by atoms with Crippen LogP contribution in [0.4, 0.5) is 10.5 Å². The lowest BCUT2D eigenvalue weighted by molar-refractivity contribution is 0.248. The van der Waals surface area contributed by atoms with Crippen LogP contribution in [0.25, 0.3) is 0 Å². The van der Waals surface area contributed by atoms with Gasteiger partial charge in [0.2, 0.25) is 0 Å². The van der Waals surface area contributed by atoms with Crippen molar-refractivity contribution in [2.24, 2.45) is 7.05 Å². The highest BCUT2D eigenvalue weighted by atomic mass is 16.2. The van der Waals surface area contributed by atoms with Crippen LogP contribution in [0, 0.1) is 6.92 Å². The first kappa shape index (κ1) is 16.0. The van der Waals surface area contributed by atoms with Crippen molar-refractivity contribution in [2.45, 2.75) is 39.7 Å². The number of carbonyl (C=O) groups excluding carboxylic acids is 1. The van der Waals surface area contributed by atoms with E-state index in [1.165, 1.54) is 17.5 Å². The molecule has 1 aromatic carbocycles. The molecular formula is C16H23N5O. The molecule has 0 spiro atoms. The van der Waals surface area contributed by atoms with Crippen molar-refractivity contribution in [3.8, 4) is 0 Å². The molecule has 2 aromatic rings. The van der Waals surface area contributed by atoms with E-state index in [-0.39, 0.29) is 12.1 Å². The zero-order valence-corrected chi connectivity index (χ0v) is 13.7. The molecule has 1 atom stereocenters. The Morgan fingerprint density at radius 2 is 2.00 bits per heavy atom. The van der Waals surface area contributed by atoms with Gasteiger partial charge < -0.3 is 10.6 Å². The van der Waals surface area contributed by atoms with Crippen LogP contribution in [0.2, 0.25) is 0 Å². The van der Waals surface area contributed by atoms with Gasteiger partial charge in [0.15, 0.2) is 0 Å². The Morgan fingerprint density at radius 3 is 2.59 bits per heavy atom. The number of aryl methyl sites for hydroxylation is 2. The lowest BCUT2D eigenvalue weighted by atomic mass is 9.97. The highest BCUT2D eigenvalue weighted by Gasteiger charge is 2.14. The number of anilines is 1. The predicted molar refractivity (Wildman–Crippen MR) is 86.8 cm³/mol. The fraction of sp³-hybridized carbons (Fsp3) is 0.438. The number of hydrogen-bond acceptors (Lipinski definition) is 3. The van der Waals surface area contributed by atoms with E-state index in [0.717, 1.165) is 5.69 Å². The highest BCUT2D eigenvalue weighted by molar-refractivity contribution is 5.89. The minimum Gasteiger partial charge on any atom is -0.328 e. The molecule has 22 heavy (non-hydrogen) atoms. The first-order chi connectivity index (χ1) is 10.4. The highest BCUT2D eigenvalue weighted by Crippen LogP contribution is 2.22. The molecule has 0 aliphatic heterocycles. The van der Waals surface area contributed by atoms with Crippen LogP contribution in [0.5, 0.6) is 0 Å². The smallest absolute Gasteiger partial charge is 0.319 e. The van der Waals surface area contributed by atoms with Crippen LogP contribution >= 0.6 is 0 Å². The Labute approximate surface area is 130 Å². The second-order valence-electron chi connectivity index (χ2n) is 5.79. The van der Waals surface area contributed by atoms with E-state index in [2.05, 4.69) is 41.5 Å². The van der Waals surface area contributed by atoms with Crippen LogP contribution in [0.15, 0.2) is 24.5 Å². The second-order valence-corrected chi connectivity index (χ2v) is 5.79. The van der Waals surface area contributed by atoms with E-state index in [4.69, 9.17) is 0 Å². The molecule has 118 valence electrons. The van der Waals surface area contributed by atoms with Crippen LogP contribution in [0.3, 0.4) is 0 Å². The fourth-order valence-corrected chi connectivity index (χ4v) is 2.47. The Hall–Kier alpha value is -2.37. The van der Waals surface area contributed by atoms with Gasteiger partial charge in [-0.2, -0.15) is 5.10 Å². The SMILES string of the molecule is Cc1ccc(NC(=O)N[C@@H](C)c2ncnn2C)cc1C(C)C. The van der Waals surface area contributed by atoms with E-state index in [1.54, 1.807) is 11.7 Å². The van der Waals surface area contributed by atoms with Crippen molar-refractivity contribution >= 4 is 11.7 Å². The number of hydrogen-bond donors (Lipinski definition) is 2. The van der Waals surface area contributed by atoms with Gasteiger partial charge in [0.25, 0.3) is 0 Å². The molecule has 6 nitrogen and oxygen atoms in total. The first-order valence-electron chi connectivity index (χ1n) is 7.40. The molecule has 1 aromatic heterocycles. The molecule has 0 aliphatic carbocycles. The van der Waals surface area contributed by atoms with Gasteiger partial charge >= 0.3 is 6.03 Å². The summed E-state index contributed by atoms with van der Waals surface area (Å²) in [4.78, 5) is 16.2. The van der Waals surface area contributed by atoms with Crippen molar-refractivity contribution in [3.05, 3.63) is 41.5 Å². The quantitative estimate of drug-likeness (QED) is 0.911. The summed E-state index contributed by atoms with van der Waals surface area (Å²) in [6.45, 7) is 8.23. The Bertz CT molecular complexity index is 662. The maximum atomic E-state index is 12.1. The first-order valence-corrected chi connectivity index (χ1v) is 7.40. The molecule has 0 bridgehead atoms. The topological polar surface area (TPSA) is 71.8 Å². The normalized spacial score (nSPS) is 12.3. The zero-order chi connectivity index (χ0) is 16.3. The van der Waals surface area contributed by atoms with Crippen LogP contribution < -0.4 is 10.6 Å². The number of rotatable bonds is 4. The van der Waals surface area contributed by atoms with Crippen LogP contribution in [-0.2, 0) is 7.05 Å². The third-order valence-electron chi connectivity index (χ3n) is 3.64. The van der Waals surface area contributed by atoms with Crippen LogP contribution in [0.1, 0.15) is 49.7 Å². The zero-order valence-electron chi connectivity index (χ0n) is 13.7. The second kappa shape index (κ2) is 6.60. The maximum absolute atomic E-state index is 12.1. The summed E-state index contributed by atoms with van der Waals surface area (Å²) < 4.78 is 1.65. The van der Waals surface area contributed by atoms with Crippen molar-refractivity contribution in [2.75, 3.05) is 5.32 Å². The van der Waals surface area contributed by atoms with Gasteiger partial charge in [0.05, 0.1) is 6.04 Å². The largest absolute Gasteiger partial charge is 0.328 e. The molecule has 0 aliphatic rings. The van der Waals surface area contributed by atoms with E-state index in [9.17, 15) is 4.79 Å². The standard InChI is InChI=1S/C16H23N5O/c1-10(2)14-8-13(7-6-11(14)3)20-16(22)19-12(4)15-17-9-18-21(15)5/h6-10,12H,1-5H3,(H2,19,20,22)/t12-/m0/s1. The minimum atomic E-state index is -0.256. The maximum Gasteiger partial charge on any atom is 0.319 e. The summed E-state index contributed by atoms with van der Waals surface area (Å²) >= 11 is 0. The van der Waals surface area contributed by atoms with Gasteiger partial charge in [-0.1, -0.05) is 19.9 Å². The molecule has 0 radical (unpaired) electrons. The van der Waals surface area contributed by atoms with Gasteiger partial charge in [-0.05, 0) is 43.0 Å². The number of nitrogens with one attached hydrogen (secondary N) is 2. The molecular weight excluding hydrogens is 278 g/mol. The lowest BCUT2D eigenvalue weighted by Gasteiger charge is -2.16. The summed E-state index contributed by atoms with van der Waals surface area (Å²) in [6, 6.07) is 5.48. The lowest BCUT2D eigenvalue weighted by Crippen LogP contribution is -2.32. The number of carbonyl (C=O) groups is 1. The molecule has 6 heteroatoms. The summed E-state index contributed by atoms with van der Waals surface area (Å²) in [5.74, 6) is 1.13. The van der Waals surface area contributed by atoms with E-state index in [1.807, 2.05) is 25.1 Å². The van der Waals surface area contributed by atoms with Gasteiger partial charge in [0.1, 0.15) is 12.2 Å². The Kier molecular flexibility index (Phi) is 4.80. The molecule has 2 amide bonds. The fourth-order valence-electron chi connectivity index (χ4n) is 2.47. The summed E-state index contributed by atoms with van der Waals surface area (Å²) in [5.41, 5.74) is 3.25. The molecule has 2 N–H and O–H groups in total. The average Bonchev–Trinajstić information content (AvgIpc) is 2.86. The third-order valence-corrected chi connectivity index (χ3v) is 3.64. The predicted octanol–water partition coefficient (Wildman–Crippen LogP) is 3.13. The van der Waals surface area contributed by atoms with Crippen LogP contribution in [-0.4, -0.2) is 20.8 Å². The molecule has 0 saturated heterocycles. The third kappa shape index (κ3) is 3.63. The minimum absolute atomic E-state index is 0.220. The number of urea groups is 1.